The first kappa shape index (κ1) is 18.6. The van der Waals surface area contributed by atoms with E-state index in [9.17, 15) is 4.79 Å². The lowest BCUT2D eigenvalue weighted by Gasteiger charge is -2.25. The smallest absolute Gasteiger partial charge is 0.234 e. The highest BCUT2D eigenvalue weighted by Gasteiger charge is 2.30. The Morgan fingerprint density at radius 3 is 2.08 bits per heavy atom. The summed E-state index contributed by atoms with van der Waals surface area (Å²) in [5.41, 5.74) is 1.98. The van der Waals surface area contributed by atoms with Crippen LogP contribution in [0.5, 0.6) is 11.5 Å². The van der Waals surface area contributed by atoms with Gasteiger partial charge in [-0.05, 0) is 55.8 Å². The van der Waals surface area contributed by atoms with Gasteiger partial charge in [-0.15, -0.1) is 0 Å². The molecule has 0 fully saturated rings. The lowest BCUT2D eigenvalue weighted by atomic mass is 9.83. The summed E-state index contributed by atoms with van der Waals surface area (Å²) in [7, 11) is 7.13. The van der Waals surface area contributed by atoms with Crippen molar-refractivity contribution in [1.82, 2.24) is 0 Å². The van der Waals surface area contributed by atoms with Crippen molar-refractivity contribution >= 4 is 17.3 Å². The zero-order chi connectivity index (χ0) is 18.6. The lowest BCUT2D eigenvalue weighted by molar-refractivity contribution is -0.120. The molecule has 0 bridgehead atoms. The van der Waals surface area contributed by atoms with Gasteiger partial charge in [-0.3, -0.25) is 4.79 Å². The number of methoxy groups -OCH3 is 2. The summed E-state index contributed by atoms with van der Waals surface area (Å²) in [4.78, 5) is 14.8. The predicted octanol–water partition coefficient (Wildman–Crippen LogP) is 3.69. The van der Waals surface area contributed by atoms with E-state index in [1.54, 1.807) is 14.2 Å². The molecule has 0 aliphatic heterocycles. The summed E-state index contributed by atoms with van der Waals surface area (Å²) < 4.78 is 10.6. The minimum atomic E-state index is -0.722. The number of benzene rings is 2. The molecule has 0 radical (unpaired) electrons. The fourth-order valence-electron chi connectivity index (χ4n) is 2.49. The van der Waals surface area contributed by atoms with E-state index in [1.165, 1.54) is 0 Å². The molecule has 1 N–H and O–H groups in total. The zero-order valence-corrected chi connectivity index (χ0v) is 15.7. The Morgan fingerprint density at radius 1 is 0.960 bits per heavy atom. The summed E-state index contributed by atoms with van der Waals surface area (Å²) in [6.45, 7) is 3.77. The third kappa shape index (κ3) is 4.05. The monoisotopic (exact) mass is 342 g/mol. The van der Waals surface area contributed by atoms with Crippen LogP contribution >= 0.6 is 0 Å². The summed E-state index contributed by atoms with van der Waals surface area (Å²) >= 11 is 0. The van der Waals surface area contributed by atoms with E-state index in [-0.39, 0.29) is 5.91 Å². The second kappa shape index (κ2) is 7.47. The van der Waals surface area contributed by atoms with Crippen molar-refractivity contribution in [2.45, 2.75) is 19.3 Å². The number of nitrogens with one attached hydrogen (secondary N) is 1. The van der Waals surface area contributed by atoms with E-state index >= 15 is 0 Å². The number of anilines is 2. The molecule has 5 nitrogen and oxygen atoms in total. The van der Waals surface area contributed by atoms with Gasteiger partial charge in [0, 0.05) is 25.5 Å². The van der Waals surface area contributed by atoms with Gasteiger partial charge in [-0.1, -0.05) is 6.07 Å². The predicted molar refractivity (Wildman–Crippen MR) is 102 cm³/mol. The Morgan fingerprint density at radius 2 is 1.56 bits per heavy atom. The molecule has 0 saturated heterocycles. The van der Waals surface area contributed by atoms with E-state index in [0.29, 0.717) is 11.5 Å². The summed E-state index contributed by atoms with van der Waals surface area (Å²) in [5.74, 6) is 1.16. The molecule has 1 amide bonds. The fraction of sp³-hybridized carbons (Fsp3) is 0.350. The zero-order valence-electron chi connectivity index (χ0n) is 15.7. The van der Waals surface area contributed by atoms with Gasteiger partial charge in [0.2, 0.25) is 5.91 Å². The van der Waals surface area contributed by atoms with Crippen LogP contribution in [0.25, 0.3) is 0 Å². The van der Waals surface area contributed by atoms with Crippen molar-refractivity contribution in [1.29, 1.82) is 0 Å². The molecule has 0 saturated carbocycles. The van der Waals surface area contributed by atoms with Crippen molar-refractivity contribution in [2.75, 3.05) is 38.5 Å². The van der Waals surface area contributed by atoms with E-state index in [2.05, 4.69) is 5.32 Å². The maximum Gasteiger partial charge on any atom is 0.234 e. The third-order valence-corrected chi connectivity index (χ3v) is 4.31. The first-order valence-electron chi connectivity index (χ1n) is 8.11. The molecule has 2 aromatic carbocycles. The molecule has 2 aromatic rings. The first-order valence-corrected chi connectivity index (χ1v) is 8.11. The molecule has 0 aliphatic rings. The summed E-state index contributed by atoms with van der Waals surface area (Å²) in [5, 5.41) is 2.98. The molecule has 0 aliphatic carbocycles. The van der Waals surface area contributed by atoms with Gasteiger partial charge in [-0.2, -0.15) is 0 Å². The molecule has 0 spiro atoms. The van der Waals surface area contributed by atoms with Gasteiger partial charge >= 0.3 is 0 Å². The van der Waals surface area contributed by atoms with Crippen molar-refractivity contribution in [2.24, 2.45) is 0 Å². The van der Waals surface area contributed by atoms with Gasteiger partial charge in [0.25, 0.3) is 0 Å². The molecular formula is C20H26N2O3. The van der Waals surface area contributed by atoms with Gasteiger partial charge in [0.05, 0.1) is 19.6 Å². The minimum absolute atomic E-state index is 0.0858. The van der Waals surface area contributed by atoms with Crippen LogP contribution in [0.2, 0.25) is 0 Å². The molecule has 25 heavy (non-hydrogen) atoms. The Balaban J connectivity index is 2.22. The van der Waals surface area contributed by atoms with E-state index in [4.69, 9.17) is 9.47 Å². The topological polar surface area (TPSA) is 50.8 Å². The Kier molecular flexibility index (Phi) is 5.57. The number of nitrogens with zero attached hydrogens (tertiary/aromatic N) is 1. The fourth-order valence-corrected chi connectivity index (χ4v) is 2.49. The van der Waals surface area contributed by atoms with Crippen molar-refractivity contribution in [3.63, 3.8) is 0 Å². The average molecular weight is 342 g/mol. The number of carbonyl (C=O) groups excluding carboxylic acids is 1. The van der Waals surface area contributed by atoms with Crippen molar-refractivity contribution in [3.05, 3.63) is 48.0 Å². The quantitative estimate of drug-likeness (QED) is 0.870. The van der Waals surface area contributed by atoms with E-state index < -0.39 is 5.41 Å². The number of amides is 1. The summed E-state index contributed by atoms with van der Waals surface area (Å²) in [6.07, 6.45) is 0. The lowest BCUT2D eigenvalue weighted by Crippen LogP contribution is -2.34. The molecule has 0 aromatic heterocycles. The van der Waals surface area contributed by atoms with E-state index in [1.807, 2.05) is 75.3 Å². The van der Waals surface area contributed by atoms with Crippen LogP contribution in [-0.4, -0.2) is 34.2 Å². The maximum atomic E-state index is 12.8. The van der Waals surface area contributed by atoms with Crippen LogP contribution in [-0.2, 0) is 10.2 Å². The highest BCUT2D eigenvalue weighted by molar-refractivity contribution is 5.98. The SMILES string of the molecule is COc1ccc(C(C)(C)C(=O)Nc2ccc(N(C)C)cc2)cc1OC. The standard InChI is InChI=1S/C20H26N2O3/c1-20(2,14-7-12-17(24-5)18(13-14)25-6)19(23)21-15-8-10-16(11-9-15)22(3)4/h7-13H,1-6H3,(H,21,23). The minimum Gasteiger partial charge on any atom is -0.493 e. The average Bonchev–Trinajstić information content (AvgIpc) is 2.61. The van der Waals surface area contributed by atoms with Gasteiger partial charge in [0.1, 0.15) is 0 Å². The largest absolute Gasteiger partial charge is 0.493 e. The molecule has 0 heterocycles. The molecular weight excluding hydrogens is 316 g/mol. The molecule has 134 valence electrons. The molecule has 0 unspecified atom stereocenters. The molecule has 5 heteroatoms. The molecule has 2 rings (SSSR count). The van der Waals surface area contributed by atoms with Crippen molar-refractivity contribution in [3.8, 4) is 11.5 Å². The van der Waals surface area contributed by atoms with Crippen LogP contribution in [0, 0.1) is 0 Å². The maximum absolute atomic E-state index is 12.8. The second-order valence-electron chi connectivity index (χ2n) is 6.59. The van der Waals surface area contributed by atoms with Crippen LogP contribution in [0.3, 0.4) is 0 Å². The highest BCUT2D eigenvalue weighted by atomic mass is 16.5. The number of rotatable bonds is 6. The van der Waals surface area contributed by atoms with Crippen LogP contribution in [0.1, 0.15) is 19.4 Å². The van der Waals surface area contributed by atoms with Crippen LogP contribution in [0.4, 0.5) is 11.4 Å². The Hall–Kier alpha value is -2.69. The van der Waals surface area contributed by atoms with Gasteiger partial charge in [0.15, 0.2) is 11.5 Å². The first-order chi connectivity index (χ1) is 11.8. The number of ether oxygens (including phenoxy) is 2. The van der Waals surface area contributed by atoms with Crippen LogP contribution in [0.15, 0.2) is 42.5 Å². The second-order valence-corrected chi connectivity index (χ2v) is 6.59. The van der Waals surface area contributed by atoms with Gasteiger partial charge in [-0.25, -0.2) is 0 Å². The normalized spacial score (nSPS) is 11.0. The molecule has 0 atom stereocenters. The number of hydrogen-bond donors (Lipinski definition) is 1. The third-order valence-electron chi connectivity index (χ3n) is 4.31. The van der Waals surface area contributed by atoms with Crippen LogP contribution < -0.4 is 19.7 Å². The highest BCUT2D eigenvalue weighted by Crippen LogP contribution is 2.34. The van der Waals surface area contributed by atoms with E-state index in [0.717, 1.165) is 16.9 Å². The Labute approximate surface area is 149 Å². The van der Waals surface area contributed by atoms with Gasteiger partial charge < -0.3 is 19.7 Å². The Bertz CT molecular complexity index is 737. The number of carbonyl (C=O) groups is 1. The van der Waals surface area contributed by atoms with Crippen molar-refractivity contribution < 1.29 is 14.3 Å². The number of hydrogen-bond acceptors (Lipinski definition) is 4. The summed E-state index contributed by atoms with van der Waals surface area (Å²) in [6, 6.07) is 13.3.